The molecule has 1 rings (SSSR count). The number of nitrogens with one attached hydrogen (secondary N) is 1. The smallest absolute Gasteiger partial charge is 0.319 e. The summed E-state index contributed by atoms with van der Waals surface area (Å²) in [7, 11) is -2.32. The van der Waals surface area contributed by atoms with Crippen LogP contribution in [0, 0.1) is 0 Å². The van der Waals surface area contributed by atoms with Crippen molar-refractivity contribution in [2.75, 3.05) is 26.7 Å². The maximum atomic E-state index is 12.4. The molecule has 1 N–H and O–H groups in total. The van der Waals surface area contributed by atoms with Gasteiger partial charge in [-0.25, -0.2) is 8.42 Å². The molecule has 0 aliphatic heterocycles. The molecule has 0 aliphatic carbocycles. The predicted molar refractivity (Wildman–Crippen MR) is 74.6 cm³/mol. The van der Waals surface area contributed by atoms with Crippen LogP contribution in [-0.4, -0.2) is 45.6 Å². The van der Waals surface area contributed by atoms with Gasteiger partial charge in [0.05, 0.1) is 4.90 Å². The average Bonchev–Trinajstić information content (AvgIpc) is 2.41. The first-order valence-corrected chi connectivity index (χ1v) is 7.95. The Labute approximate surface area is 123 Å². The Bertz CT molecular complexity index is 542. The molecule has 0 bridgehead atoms. The molecule has 0 spiro atoms. The molecule has 0 aliphatic rings. The van der Waals surface area contributed by atoms with Crippen molar-refractivity contribution in [3.8, 4) is 0 Å². The van der Waals surface area contributed by atoms with Crippen molar-refractivity contribution in [3.63, 3.8) is 0 Å². The summed E-state index contributed by atoms with van der Waals surface area (Å²) in [6, 6.07) is 5.93. The first-order chi connectivity index (χ1) is 9.70. The van der Waals surface area contributed by atoms with Gasteiger partial charge in [-0.1, -0.05) is 19.1 Å². The zero-order chi connectivity index (χ0) is 16.1. The molecule has 1 aromatic rings. The van der Waals surface area contributed by atoms with E-state index in [-0.39, 0.29) is 11.4 Å². The van der Waals surface area contributed by atoms with Gasteiger partial charge in [-0.3, -0.25) is 0 Å². The molecule has 120 valence electrons. The third-order valence-electron chi connectivity index (χ3n) is 2.93. The number of likely N-dealkylation sites (N-methyl/N-ethyl adjacent to an activating group) is 1. The van der Waals surface area contributed by atoms with Gasteiger partial charge in [0.1, 0.15) is 6.54 Å². The minimum absolute atomic E-state index is 0.123. The number of hydrogen-bond acceptors (Lipinski definition) is 3. The van der Waals surface area contributed by atoms with Crippen LogP contribution >= 0.6 is 0 Å². The summed E-state index contributed by atoms with van der Waals surface area (Å²) in [5, 5.41) is 2.96. The van der Waals surface area contributed by atoms with Crippen molar-refractivity contribution in [2.24, 2.45) is 0 Å². The second kappa shape index (κ2) is 7.24. The van der Waals surface area contributed by atoms with Gasteiger partial charge in [-0.15, -0.1) is 0 Å². The predicted octanol–water partition coefficient (Wildman–Crippen LogP) is 2.02. The van der Waals surface area contributed by atoms with Gasteiger partial charge in [-0.05, 0) is 37.7 Å². The van der Waals surface area contributed by atoms with Crippen LogP contribution in [0.1, 0.15) is 12.5 Å². The molecular formula is C13H19F3N2O2S. The number of hydrogen-bond donors (Lipinski definition) is 1. The van der Waals surface area contributed by atoms with E-state index in [0.29, 0.717) is 4.31 Å². The Balaban J connectivity index is 2.95. The van der Waals surface area contributed by atoms with E-state index in [9.17, 15) is 21.6 Å². The summed E-state index contributed by atoms with van der Waals surface area (Å²) < 4.78 is 62.1. The molecule has 0 fully saturated rings. The lowest BCUT2D eigenvalue weighted by molar-refractivity contribution is -0.135. The molecule has 0 amide bonds. The number of nitrogens with zero attached hydrogens (tertiary/aromatic N) is 1. The number of alkyl halides is 3. The number of rotatable bonds is 7. The number of benzene rings is 1. The first-order valence-electron chi connectivity index (χ1n) is 6.51. The van der Waals surface area contributed by atoms with Crippen LogP contribution in [0.5, 0.6) is 0 Å². The molecule has 0 aromatic heterocycles. The van der Waals surface area contributed by atoms with E-state index in [1.165, 1.54) is 19.1 Å². The largest absolute Gasteiger partial charge is 0.402 e. The summed E-state index contributed by atoms with van der Waals surface area (Å²) in [5.74, 6) is 0. The molecule has 1 aromatic carbocycles. The lowest BCUT2D eigenvalue weighted by Gasteiger charge is -2.21. The van der Waals surface area contributed by atoms with E-state index >= 15 is 0 Å². The molecule has 0 unspecified atom stereocenters. The Morgan fingerprint density at radius 1 is 1.19 bits per heavy atom. The summed E-state index contributed by atoms with van der Waals surface area (Å²) in [6.45, 7) is 0.405. The van der Waals surface area contributed by atoms with Crippen molar-refractivity contribution in [3.05, 3.63) is 29.8 Å². The van der Waals surface area contributed by atoms with Crippen LogP contribution in [0.4, 0.5) is 13.2 Å². The average molecular weight is 324 g/mol. The Hall–Kier alpha value is -1.12. The minimum Gasteiger partial charge on any atom is -0.319 e. The monoisotopic (exact) mass is 324 g/mol. The minimum atomic E-state index is -4.56. The summed E-state index contributed by atoms with van der Waals surface area (Å²) in [6.07, 6.45) is -3.84. The number of sulfonamides is 1. The van der Waals surface area contributed by atoms with Gasteiger partial charge in [0.25, 0.3) is 0 Å². The Kier molecular flexibility index (Phi) is 6.18. The fourth-order valence-electron chi connectivity index (χ4n) is 1.81. The van der Waals surface area contributed by atoms with Crippen LogP contribution in [-0.2, 0) is 16.4 Å². The van der Waals surface area contributed by atoms with Crippen molar-refractivity contribution >= 4 is 10.0 Å². The normalized spacial score (nSPS) is 12.9. The maximum absolute atomic E-state index is 12.4. The van der Waals surface area contributed by atoms with Crippen molar-refractivity contribution in [2.45, 2.75) is 24.4 Å². The number of halogens is 3. The van der Waals surface area contributed by atoms with Crippen molar-refractivity contribution in [1.82, 2.24) is 9.62 Å². The fourth-order valence-corrected chi connectivity index (χ4v) is 3.25. The molecule has 21 heavy (non-hydrogen) atoms. The Morgan fingerprint density at radius 3 is 2.19 bits per heavy atom. The van der Waals surface area contributed by atoms with Crippen LogP contribution < -0.4 is 5.32 Å². The summed E-state index contributed by atoms with van der Waals surface area (Å²) in [4.78, 5) is -0.123. The third-order valence-corrected chi connectivity index (χ3v) is 4.87. The van der Waals surface area contributed by atoms with Gasteiger partial charge in [-0.2, -0.15) is 17.5 Å². The summed E-state index contributed by atoms with van der Waals surface area (Å²) in [5.41, 5.74) is 0.919. The fraction of sp³-hybridized carbons (Fsp3) is 0.538. The highest BCUT2D eigenvalue weighted by atomic mass is 32.2. The SMILES string of the molecule is CCN(CC(F)(F)F)S(=O)(=O)c1ccc(CCNC)cc1. The molecule has 0 saturated carbocycles. The van der Waals surface area contributed by atoms with E-state index in [4.69, 9.17) is 0 Å². The van der Waals surface area contributed by atoms with Gasteiger partial charge >= 0.3 is 6.18 Å². The highest BCUT2D eigenvalue weighted by Crippen LogP contribution is 2.22. The zero-order valence-electron chi connectivity index (χ0n) is 11.9. The zero-order valence-corrected chi connectivity index (χ0v) is 12.8. The van der Waals surface area contributed by atoms with Gasteiger partial charge in [0, 0.05) is 6.54 Å². The van der Waals surface area contributed by atoms with Crippen molar-refractivity contribution in [1.29, 1.82) is 0 Å². The van der Waals surface area contributed by atoms with E-state index in [0.717, 1.165) is 18.5 Å². The van der Waals surface area contributed by atoms with Crippen LogP contribution in [0.2, 0.25) is 0 Å². The van der Waals surface area contributed by atoms with E-state index in [1.54, 1.807) is 19.2 Å². The standard InChI is InChI=1S/C13H19F3N2O2S/c1-3-18(10-13(14,15)16)21(19,20)12-6-4-11(5-7-12)8-9-17-2/h4-7,17H,3,8-10H2,1-2H3. The first kappa shape index (κ1) is 17.9. The van der Waals surface area contributed by atoms with Gasteiger partial charge < -0.3 is 5.32 Å². The van der Waals surface area contributed by atoms with E-state index in [2.05, 4.69) is 5.32 Å². The van der Waals surface area contributed by atoms with E-state index < -0.39 is 22.7 Å². The maximum Gasteiger partial charge on any atom is 0.402 e. The molecule has 0 atom stereocenters. The molecular weight excluding hydrogens is 305 g/mol. The highest BCUT2D eigenvalue weighted by Gasteiger charge is 2.36. The summed E-state index contributed by atoms with van der Waals surface area (Å²) >= 11 is 0. The quantitative estimate of drug-likeness (QED) is 0.835. The molecule has 0 heterocycles. The second-order valence-corrected chi connectivity index (χ2v) is 6.48. The molecule has 0 radical (unpaired) electrons. The third kappa shape index (κ3) is 5.29. The highest BCUT2D eigenvalue weighted by molar-refractivity contribution is 7.89. The second-order valence-electron chi connectivity index (χ2n) is 4.54. The molecule has 8 heteroatoms. The molecule has 4 nitrogen and oxygen atoms in total. The van der Waals surface area contributed by atoms with Gasteiger partial charge in [0.15, 0.2) is 0 Å². The van der Waals surface area contributed by atoms with E-state index in [1.807, 2.05) is 0 Å². The van der Waals surface area contributed by atoms with Crippen LogP contribution in [0.15, 0.2) is 29.2 Å². The lowest BCUT2D eigenvalue weighted by atomic mass is 10.1. The lowest BCUT2D eigenvalue weighted by Crippen LogP contribution is -2.38. The van der Waals surface area contributed by atoms with Gasteiger partial charge in [0.2, 0.25) is 10.0 Å². The van der Waals surface area contributed by atoms with Crippen LogP contribution in [0.25, 0.3) is 0 Å². The Morgan fingerprint density at radius 2 is 1.76 bits per heavy atom. The van der Waals surface area contributed by atoms with Crippen LogP contribution in [0.3, 0.4) is 0 Å². The van der Waals surface area contributed by atoms with Crippen molar-refractivity contribution < 1.29 is 21.6 Å². The molecule has 0 saturated heterocycles. The topological polar surface area (TPSA) is 49.4 Å².